The minimum Gasteiger partial charge on any atom is -0.465 e. The minimum atomic E-state index is -1.01. The van der Waals surface area contributed by atoms with Crippen molar-refractivity contribution in [1.82, 2.24) is 9.80 Å². The van der Waals surface area contributed by atoms with Crippen LogP contribution in [0.5, 0.6) is 0 Å². The molecule has 0 radical (unpaired) electrons. The van der Waals surface area contributed by atoms with Gasteiger partial charge in [0.1, 0.15) is 23.8 Å². The summed E-state index contributed by atoms with van der Waals surface area (Å²) in [6.07, 6.45) is 11.0. The number of carbonyl (C=O) groups is 3. The van der Waals surface area contributed by atoms with Crippen LogP contribution in [0.4, 0.5) is 0 Å². The molecule has 0 saturated heterocycles. The summed E-state index contributed by atoms with van der Waals surface area (Å²) in [6, 6.07) is 9.34. The Hall–Kier alpha value is -4.07. The minimum absolute atomic E-state index is 0.158. The van der Waals surface area contributed by atoms with Gasteiger partial charge in [-0.3, -0.25) is 19.3 Å². The molecule has 2 amide bonds. The topological polar surface area (TPSA) is 91.6 Å². The molecule has 0 spiro atoms. The predicted molar refractivity (Wildman–Crippen MR) is 120 cm³/mol. The number of fused-ring (bicyclic) bond motifs is 2. The molecule has 0 bridgehead atoms. The number of hydrogen-bond donors (Lipinski definition) is 0. The molecule has 3 aliphatic rings. The van der Waals surface area contributed by atoms with Gasteiger partial charge >= 0.3 is 5.97 Å². The standard InChI is InChI=1S/C24H22N4O4/c1-3-32-24(31)18-15-17-21(25-19-11-7-8-14-28(19)23(17)30)27(2)22(18)26-20(29)13-12-16-9-5-4-6-10-16/h4-15,18-19H,3H2,1-2H3/b13-12+,26-22?. The van der Waals surface area contributed by atoms with Crippen LogP contribution in [-0.4, -0.2) is 59.1 Å². The molecular weight excluding hydrogens is 408 g/mol. The van der Waals surface area contributed by atoms with E-state index in [1.54, 1.807) is 38.4 Å². The summed E-state index contributed by atoms with van der Waals surface area (Å²) in [5.41, 5.74) is 1.12. The van der Waals surface area contributed by atoms with E-state index in [0.717, 1.165) is 5.56 Å². The number of amides is 2. The molecule has 0 saturated carbocycles. The molecule has 2 atom stereocenters. The van der Waals surface area contributed by atoms with Crippen molar-refractivity contribution >= 4 is 35.5 Å². The lowest BCUT2D eigenvalue weighted by molar-refractivity contribution is -0.144. The van der Waals surface area contributed by atoms with Gasteiger partial charge in [-0.05, 0) is 36.8 Å². The quantitative estimate of drug-likeness (QED) is 0.540. The Kier molecular flexibility index (Phi) is 5.93. The summed E-state index contributed by atoms with van der Waals surface area (Å²) in [4.78, 5) is 50.1. The van der Waals surface area contributed by atoms with Crippen molar-refractivity contribution in [2.24, 2.45) is 15.9 Å². The van der Waals surface area contributed by atoms with Crippen LogP contribution in [-0.2, 0) is 19.1 Å². The number of ether oxygens (including phenoxy) is 1. The maximum Gasteiger partial charge on any atom is 0.320 e. The lowest BCUT2D eigenvalue weighted by Gasteiger charge is -2.38. The van der Waals surface area contributed by atoms with Gasteiger partial charge in [0, 0.05) is 19.3 Å². The van der Waals surface area contributed by atoms with Gasteiger partial charge in [0.25, 0.3) is 11.8 Å². The van der Waals surface area contributed by atoms with Crippen molar-refractivity contribution in [3.63, 3.8) is 0 Å². The fraction of sp³-hybridized carbons (Fsp3) is 0.208. The zero-order valence-electron chi connectivity index (χ0n) is 17.7. The highest BCUT2D eigenvalue weighted by molar-refractivity contribution is 6.30. The molecule has 162 valence electrons. The maximum atomic E-state index is 13.0. The number of esters is 1. The van der Waals surface area contributed by atoms with Crippen molar-refractivity contribution < 1.29 is 19.1 Å². The SMILES string of the molecule is CCOC(=O)C1C=C2C(=O)N3C=CC=CC3N=C2N(C)C1=NC(=O)/C=C/c1ccccc1. The van der Waals surface area contributed by atoms with Crippen molar-refractivity contribution in [2.75, 3.05) is 13.7 Å². The number of hydrogen-bond acceptors (Lipinski definition) is 5. The van der Waals surface area contributed by atoms with Crippen LogP contribution in [0.15, 0.2) is 82.5 Å². The number of aliphatic imine (C=N–C) groups is 2. The van der Waals surface area contributed by atoms with Crippen LogP contribution < -0.4 is 0 Å². The van der Waals surface area contributed by atoms with E-state index in [1.807, 2.05) is 36.4 Å². The summed E-state index contributed by atoms with van der Waals surface area (Å²) in [7, 11) is 1.64. The molecule has 8 nitrogen and oxygen atoms in total. The molecule has 4 rings (SSSR count). The highest BCUT2D eigenvalue weighted by Crippen LogP contribution is 2.28. The zero-order chi connectivity index (χ0) is 22.7. The van der Waals surface area contributed by atoms with Crippen LogP contribution in [0.3, 0.4) is 0 Å². The second-order valence-electron chi connectivity index (χ2n) is 7.23. The van der Waals surface area contributed by atoms with Crippen molar-refractivity contribution in [2.45, 2.75) is 13.1 Å². The molecule has 0 fully saturated rings. The Balaban J connectivity index is 1.72. The van der Waals surface area contributed by atoms with Crippen LogP contribution in [0, 0.1) is 5.92 Å². The number of amidine groups is 2. The first kappa shape index (κ1) is 21.2. The highest BCUT2D eigenvalue weighted by Gasteiger charge is 2.42. The fourth-order valence-electron chi connectivity index (χ4n) is 3.61. The van der Waals surface area contributed by atoms with Crippen LogP contribution in [0.1, 0.15) is 12.5 Å². The van der Waals surface area contributed by atoms with Gasteiger partial charge in [-0.2, -0.15) is 4.99 Å². The monoisotopic (exact) mass is 430 g/mol. The van der Waals surface area contributed by atoms with E-state index in [0.29, 0.717) is 5.84 Å². The molecule has 2 unspecified atom stereocenters. The third kappa shape index (κ3) is 4.07. The third-order valence-electron chi connectivity index (χ3n) is 5.14. The Bertz CT molecular complexity index is 1130. The largest absolute Gasteiger partial charge is 0.465 e. The van der Waals surface area contributed by atoms with Crippen LogP contribution in [0.2, 0.25) is 0 Å². The summed E-state index contributed by atoms with van der Waals surface area (Å²) in [6.45, 7) is 1.85. The van der Waals surface area contributed by atoms with Crippen molar-refractivity contribution in [1.29, 1.82) is 0 Å². The zero-order valence-corrected chi connectivity index (χ0v) is 17.7. The highest BCUT2D eigenvalue weighted by atomic mass is 16.5. The second-order valence-corrected chi connectivity index (χ2v) is 7.23. The van der Waals surface area contributed by atoms with E-state index in [4.69, 9.17) is 4.74 Å². The smallest absolute Gasteiger partial charge is 0.320 e. The van der Waals surface area contributed by atoms with Crippen molar-refractivity contribution in [3.8, 4) is 0 Å². The normalized spacial score (nSPS) is 23.1. The first-order valence-corrected chi connectivity index (χ1v) is 10.2. The van der Waals surface area contributed by atoms with E-state index in [9.17, 15) is 14.4 Å². The van der Waals surface area contributed by atoms with Gasteiger partial charge < -0.3 is 9.64 Å². The number of carbonyl (C=O) groups excluding carboxylic acids is 3. The molecule has 8 heteroatoms. The number of nitrogens with zero attached hydrogens (tertiary/aromatic N) is 4. The Labute approximate surface area is 185 Å². The van der Waals surface area contributed by atoms with E-state index in [2.05, 4.69) is 9.98 Å². The molecule has 0 N–H and O–H groups in total. The predicted octanol–water partition coefficient (Wildman–Crippen LogP) is 2.33. The van der Waals surface area contributed by atoms with E-state index < -0.39 is 24.0 Å². The summed E-state index contributed by atoms with van der Waals surface area (Å²) in [5, 5.41) is 0. The van der Waals surface area contributed by atoms with Crippen LogP contribution in [0.25, 0.3) is 6.08 Å². The molecule has 1 aromatic carbocycles. The van der Waals surface area contributed by atoms with Gasteiger partial charge in [0.15, 0.2) is 0 Å². The van der Waals surface area contributed by atoms with Crippen molar-refractivity contribution in [3.05, 3.63) is 78.0 Å². The van der Waals surface area contributed by atoms with Gasteiger partial charge in [0.2, 0.25) is 0 Å². The average Bonchev–Trinajstić information content (AvgIpc) is 2.81. The summed E-state index contributed by atoms with van der Waals surface area (Å²) < 4.78 is 5.18. The van der Waals surface area contributed by atoms with Gasteiger partial charge in [0.05, 0.1) is 12.2 Å². The Morgan fingerprint density at radius 2 is 2.00 bits per heavy atom. The first-order chi connectivity index (χ1) is 15.5. The summed E-state index contributed by atoms with van der Waals surface area (Å²) in [5.74, 6) is -1.90. The first-order valence-electron chi connectivity index (χ1n) is 10.2. The molecule has 1 aromatic rings. The lowest BCUT2D eigenvalue weighted by atomic mass is 9.95. The summed E-state index contributed by atoms with van der Waals surface area (Å²) >= 11 is 0. The number of allylic oxidation sites excluding steroid dienone is 2. The average molecular weight is 430 g/mol. The molecule has 3 aliphatic heterocycles. The fourth-order valence-corrected chi connectivity index (χ4v) is 3.61. The van der Waals surface area contributed by atoms with Gasteiger partial charge in [-0.25, -0.2) is 4.99 Å². The van der Waals surface area contributed by atoms with Gasteiger partial charge in [-0.15, -0.1) is 0 Å². The molecule has 32 heavy (non-hydrogen) atoms. The van der Waals surface area contributed by atoms with Crippen LogP contribution >= 0.6 is 0 Å². The Morgan fingerprint density at radius 1 is 1.22 bits per heavy atom. The number of likely N-dealkylation sites (N-methyl/N-ethyl adjacent to an activating group) is 1. The molecule has 3 heterocycles. The van der Waals surface area contributed by atoms with E-state index >= 15 is 0 Å². The lowest BCUT2D eigenvalue weighted by Crippen LogP contribution is -2.53. The number of rotatable bonds is 4. The second kappa shape index (κ2) is 8.97. The third-order valence-corrected chi connectivity index (χ3v) is 5.14. The Morgan fingerprint density at radius 3 is 2.75 bits per heavy atom. The molecule has 0 aliphatic carbocycles. The maximum absolute atomic E-state index is 13.0. The molecular formula is C24H22N4O4. The number of benzene rings is 1. The van der Waals surface area contributed by atoms with E-state index in [1.165, 1.54) is 22.0 Å². The molecule has 0 aromatic heterocycles. The van der Waals surface area contributed by atoms with Gasteiger partial charge in [-0.1, -0.05) is 36.4 Å². The van der Waals surface area contributed by atoms with E-state index in [-0.39, 0.29) is 23.9 Å².